The predicted octanol–water partition coefficient (Wildman–Crippen LogP) is 1.75. The molecule has 1 atom stereocenters. The lowest BCUT2D eigenvalue weighted by Crippen LogP contribution is -2.02. The zero-order valence-electron chi connectivity index (χ0n) is 9.41. The van der Waals surface area contributed by atoms with Crippen molar-refractivity contribution in [2.75, 3.05) is 6.61 Å². The van der Waals surface area contributed by atoms with Crippen molar-refractivity contribution in [2.24, 2.45) is 0 Å². The van der Waals surface area contributed by atoms with Crippen molar-refractivity contribution >= 4 is 11.8 Å². The van der Waals surface area contributed by atoms with Gasteiger partial charge in [0.1, 0.15) is 5.69 Å². The lowest BCUT2D eigenvalue weighted by Gasteiger charge is -2.03. The summed E-state index contributed by atoms with van der Waals surface area (Å²) in [7, 11) is 0. The van der Waals surface area contributed by atoms with Crippen LogP contribution in [0.3, 0.4) is 0 Å². The van der Waals surface area contributed by atoms with Gasteiger partial charge in [-0.25, -0.2) is 0 Å². The molecule has 1 unspecified atom stereocenters. The molecule has 2 aromatic heterocycles. The topological polar surface area (TPSA) is 72.0 Å². The van der Waals surface area contributed by atoms with E-state index in [1.54, 1.807) is 18.0 Å². The first kappa shape index (κ1) is 12.1. The second kappa shape index (κ2) is 5.79. The van der Waals surface area contributed by atoms with Gasteiger partial charge in [-0.3, -0.25) is 4.98 Å². The van der Waals surface area contributed by atoms with Gasteiger partial charge in [-0.15, -0.1) is 11.8 Å². The van der Waals surface area contributed by atoms with Gasteiger partial charge >= 0.3 is 0 Å². The van der Waals surface area contributed by atoms with E-state index in [4.69, 9.17) is 9.63 Å². The summed E-state index contributed by atoms with van der Waals surface area (Å²) in [6.07, 6.45) is 1.69. The third-order valence-electron chi connectivity index (χ3n) is 2.11. The largest absolute Gasteiger partial charge is 0.395 e. The van der Waals surface area contributed by atoms with Gasteiger partial charge in [0.25, 0.3) is 0 Å². The highest BCUT2D eigenvalue weighted by molar-refractivity contribution is 7.99. The van der Waals surface area contributed by atoms with Crippen LogP contribution in [0, 0.1) is 0 Å². The maximum atomic E-state index is 8.90. The van der Waals surface area contributed by atoms with E-state index in [-0.39, 0.29) is 11.9 Å². The fourth-order valence-electron chi connectivity index (χ4n) is 1.18. The summed E-state index contributed by atoms with van der Waals surface area (Å²) < 4.78 is 5.11. The molecule has 0 radical (unpaired) electrons. The van der Waals surface area contributed by atoms with Gasteiger partial charge in [0.05, 0.1) is 12.4 Å². The number of rotatable bonds is 5. The lowest BCUT2D eigenvalue weighted by atomic mass is 10.3. The van der Waals surface area contributed by atoms with E-state index in [2.05, 4.69) is 15.1 Å². The molecule has 17 heavy (non-hydrogen) atoms. The first-order valence-corrected chi connectivity index (χ1v) is 6.31. The van der Waals surface area contributed by atoms with Crippen LogP contribution in [-0.4, -0.2) is 32.1 Å². The maximum Gasteiger partial charge on any atom is 0.237 e. The Morgan fingerprint density at radius 2 is 2.35 bits per heavy atom. The van der Waals surface area contributed by atoms with Crippen LogP contribution in [0.4, 0.5) is 0 Å². The van der Waals surface area contributed by atoms with Crippen LogP contribution in [-0.2, 0) is 5.75 Å². The van der Waals surface area contributed by atoms with Gasteiger partial charge in [-0.05, 0) is 12.1 Å². The van der Waals surface area contributed by atoms with Crippen molar-refractivity contribution < 1.29 is 9.63 Å². The van der Waals surface area contributed by atoms with Gasteiger partial charge in [0.2, 0.25) is 11.7 Å². The maximum absolute atomic E-state index is 8.90. The number of nitrogens with zero attached hydrogens (tertiary/aromatic N) is 3. The molecule has 0 aliphatic rings. The van der Waals surface area contributed by atoms with E-state index in [1.807, 2.05) is 25.1 Å². The molecule has 90 valence electrons. The molecule has 0 amide bonds. The second-order valence-electron chi connectivity index (χ2n) is 3.53. The van der Waals surface area contributed by atoms with Crippen LogP contribution in [0.25, 0.3) is 11.5 Å². The minimum absolute atomic E-state index is 0.145. The minimum Gasteiger partial charge on any atom is -0.395 e. The Balaban J connectivity index is 2.01. The number of aliphatic hydroxyl groups is 1. The number of aliphatic hydroxyl groups excluding tert-OH is 1. The quantitative estimate of drug-likeness (QED) is 0.872. The Bertz CT molecular complexity index is 461. The summed E-state index contributed by atoms with van der Waals surface area (Å²) in [5.74, 6) is 1.65. The predicted molar refractivity (Wildman–Crippen MR) is 65.4 cm³/mol. The number of hydrogen-bond donors (Lipinski definition) is 1. The van der Waals surface area contributed by atoms with Crippen LogP contribution >= 0.6 is 11.8 Å². The molecule has 0 bridgehead atoms. The molecular weight excluding hydrogens is 238 g/mol. The van der Waals surface area contributed by atoms with E-state index in [1.165, 1.54) is 0 Å². The van der Waals surface area contributed by atoms with Gasteiger partial charge in [-0.1, -0.05) is 18.1 Å². The third kappa shape index (κ3) is 3.28. The summed E-state index contributed by atoms with van der Waals surface area (Å²) >= 11 is 1.57. The standard InChI is InChI=1S/C11H13N3O2S/c1-8(6-15)17-7-10-13-11(14-16-10)9-4-2-3-5-12-9/h2-5,8,15H,6-7H2,1H3. The summed E-state index contributed by atoms with van der Waals surface area (Å²) in [4.78, 5) is 8.39. The van der Waals surface area contributed by atoms with Crippen LogP contribution in [0.2, 0.25) is 0 Å². The fraction of sp³-hybridized carbons (Fsp3) is 0.364. The molecule has 1 N–H and O–H groups in total. The van der Waals surface area contributed by atoms with E-state index in [0.717, 1.165) is 0 Å². The van der Waals surface area contributed by atoms with Crippen molar-refractivity contribution in [3.05, 3.63) is 30.3 Å². The Kier molecular flexibility index (Phi) is 4.11. The molecular formula is C11H13N3O2S. The lowest BCUT2D eigenvalue weighted by molar-refractivity contribution is 0.300. The highest BCUT2D eigenvalue weighted by Crippen LogP contribution is 2.18. The molecule has 6 heteroatoms. The van der Waals surface area contributed by atoms with Crippen LogP contribution in [0.15, 0.2) is 28.9 Å². The minimum atomic E-state index is 0.145. The van der Waals surface area contributed by atoms with Crippen LogP contribution in [0.1, 0.15) is 12.8 Å². The van der Waals surface area contributed by atoms with Crippen LogP contribution in [0.5, 0.6) is 0 Å². The molecule has 0 saturated carbocycles. The Labute approximate surface area is 103 Å². The molecule has 0 aliphatic carbocycles. The number of hydrogen-bond acceptors (Lipinski definition) is 6. The van der Waals surface area contributed by atoms with Crippen molar-refractivity contribution in [3.63, 3.8) is 0 Å². The molecule has 0 aliphatic heterocycles. The van der Waals surface area contributed by atoms with Gasteiger partial charge < -0.3 is 9.63 Å². The zero-order valence-corrected chi connectivity index (χ0v) is 10.2. The van der Waals surface area contributed by atoms with Crippen molar-refractivity contribution in [3.8, 4) is 11.5 Å². The third-order valence-corrected chi connectivity index (χ3v) is 3.24. The molecule has 2 rings (SSSR count). The average Bonchev–Trinajstić information content (AvgIpc) is 2.86. The Morgan fingerprint density at radius 1 is 1.47 bits per heavy atom. The fourth-order valence-corrected chi connectivity index (χ4v) is 1.83. The van der Waals surface area contributed by atoms with E-state index in [9.17, 15) is 0 Å². The monoisotopic (exact) mass is 251 g/mol. The number of pyridine rings is 1. The number of thioether (sulfide) groups is 1. The van der Waals surface area contributed by atoms with Gasteiger partial charge in [0.15, 0.2) is 0 Å². The van der Waals surface area contributed by atoms with E-state index in [0.29, 0.717) is 23.2 Å². The summed E-state index contributed by atoms with van der Waals surface area (Å²) in [6.45, 7) is 2.09. The van der Waals surface area contributed by atoms with Crippen molar-refractivity contribution in [1.29, 1.82) is 0 Å². The van der Waals surface area contributed by atoms with Gasteiger partial charge in [-0.2, -0.15) is 4.98 Å². The second-order valence-corrected chi connectivity index (χ2v) is 4.96. The van der Waals surface area contributed by atoms with Crippen molar-refractivity contribution in [2.45, 2.75) is 17.9 Å². The smallest absolute Gasteiger partial charge is 0.237 e. The first-order valence-electron chi connectivity index (χ1n) is 5.26. The molecule has 0 aromatic carbocycles. The Hall–Kier alpha value is -1.40. The Morgan fingerprint density at radius 3 is 3.06 bits per heavy atom. The van der Waals surface area contributed by atoms with E-state index < -0.39 is 0 Å². The zero-order chi connectivity index (χ0) is 12.1. The van der Waals surface area contributed by atoms with Gasteiger partial charge in [0, 0.05) is 11.4 Å². The summed E-state index contributed by atoms with van der Waals surface area (Å²) in [6, 6.07) is 5.54. The first-order chi connectivity index (χ1) is 8.29. The number of aromatic nitrogens is 3. The molecule has 2 aromatic rings. The average molecular weight is 251 g/mol. The van der Waals surface area contributed by atoms with Crippen molar-refractivity contribution in [1.82, 2.24) is 15.1 Å². The molecule has 5 nitrogen and oxygen atoms in total. The molecule has 0 spiro atoms. The highest BCUT2D eigenvalue weighted by atomic mass is 32.2. The van der Waals surface area contributed by atoms with E-state index >= 15 is 0 Å². The molecule has 0 saturated heterocycles. The molecule has 2 heterocycles. The normalized spacial score (nSPS) is 12.6. The highest BCUT2D eigenvalue weighted by Gasteiger charge is 2.10. The SMILES string of the molecule is CC(CO)SCc1nc(-c2ccccn2)no1. The summed E-state index contributed by atoms with van der Waals surface area (Å²) in [5.41, 5.74) is 0.697. The van der Waals surface area contributed by atoms with Crippen LogP contribution < -0.4 is 0 Å². The summed E-state index contributed by atoms with van der Waals surface area (Å²) in [5, 5.41) is 12.9. The molecule has 0 fully saturated rings.